The number of phenolic OH excluding ortho intramolecular Hbond substituents is 1. The van der Waals surface area contributed by atoms with Crippen molar-refractivity contribution in [1.82, 2.24) is 15.5 Å². The van der Waals surface area contributed by atoms with Crippen molar-refractivity contribution < 1.29 is 9.90 Å². The number of aromatic nitrogens is 2. The van der Waals surface area contributed by atoms with E-state index in [2.05, 4.69) is 15.5 Å². The lowest BCUT2D eigenvalue weighted by atomic mass is 10.2. The molecule has 2 aromatic rings. The quantitative estimate of drug-likeness (QED) is 0.885. The van der Waals surface area contributed by atoms with E-state index in [1.165, 1.54) is 12.1 Å². The molecule has 0 bridgehead atoms. The average molecular weight is 264 g/mol. The third-order valence-corrected chi connectivity index (χ3v) is 2.46. The number of amides is 1. The first-order valence-corrected chi connectivity index (χ1v) is 5.58. The predicted molar refractivity (Wildman–Crippen MR) is 66.3 cm³/mol. The minimum absolute atomic E-state index is 0.189. The minimum Gasteiger partial charge on any atom is -0.508 e. The second-order valence-electron chi connectivity index (χ2n) is 3.59. The van der Waals surface area contributed by atoms with Gasteiger partial charge in [0.05, 0.1) is 0 Å². The van der Waals surface area contributed by atoms with Crippen molar-refractivity contribution in [2.75, 3.05) is 0 Å². The zero-order chi connectivity index (χ0) is 13.0. The number of carbonyl (C=O) groups is 1. The molecule has 0 spiro atoms. The molecular weight excluding hydrogens is 254 g/mol. The third kappa shape index (κ3) is 3.18. The molecule has 5 nitrogen and oxygen atoms in total. The molecule has 0 saturated heterocycles. The van der Waals surface area contributed by atoms with Gasteiger partial charge in [0.2, 0.25) is 0 Å². The third-order valence-electron chi connectivity index (χ3n) is 2.25. The number of halogens is 1. The molecule has 0 aliphatic rings. The van der Waals surface area contributed by atoms with Crippen LogP contribution in [0.1, 0.15) is 16.1 Å². The molecule has 1 aromatic carbocycles. The van der Waals surface area contributed by atoms with E-state index in [0.29, 0.717) is 6.54 Å². The Hall–Kier alpha value is -2.14. The van der Waals surface area contributed by atoms with E-state index < -0.39 is 0 Å². The number of hydrogen-bond donors (Lipinski definition) is 2. The normalized spacial score (nSPS) is 10.1. The van der Waals surface area contributed by atoms with Crippen LogP contribution in [0.5, 0.6) is 5.75 Å². The highest BCUT2D eigenvalue weighted by atomic mass is 35.5. The first kappa shape index (κ1) is 12.3. The molecule has 18 heavy (non-hydrogen) atoms. The van der Waals surface area contributed by atoms with Gasteiger partial charge in [-0.25, -0.2) is 0 Å². The van der Waals surface area contributed by atoms with Crippen LogP contribution in [0.3, 0.4) is 0 Å². The summed E-state index contributed by atoms with van der Waals surface area (Å²) < 4.78 is 0. The zero-order valence-electron chi connectivity index (χ0n) is 9.30. The fourth-order valence-corrected chi connectivity index (χ4v) is 1.42. The molecule has 0 radical (unpaired) electrons. The SMILES string of the molecule is O=C(NCc1ccc(O)cc1)c1ccc(Cl)nn1. The Kier molecular flexibility index (Phi) is 3.74. The van der Waals surface area contributed by atoms with E-state index in [1.54, 1.807) is 24.3 Å². The Morgan fingerprint density at radius 2 is 1.89 bits per heavy atom. The number of hydrogen-bond acceptors (Lipinski definition) is 4. The molecule has 1 heterocycles. The van der Waals surface area contributed by atoms with Gasteiger partial charge in [-0.1, -0.05) is 23.7 Å². The van der Waals surface area contributed by atoms with Crippen LogP contribution < -0.4 is 5.32 Å². The number of nitrogens with zero attached hydrogens (tertiary/aromatic N) is 2. The first-order chi connectivity index (χ1) is 8.65. The van der Waals surface area contributed by atoms with Crippen LogP contribution in [0.15, 0.2) is 36.4 Å². The van der Waals surface area contributed by atoms with Gasteiger partial charge in [0.25, 0.3) is 5.91 Å². The van der Waals surface area contributed by atoms with Crippen molar-refractivity contribution in [2.24, 2.45) is 0 Å². The number of benzene rings is 1. The molecule has 0 saturated carbocycles. The van der Waals surface area contributed by atoms with Gasteiger partial charge in [-0.3, -0.25) is 4.79 Å². The van der Waals surface area contributed by atoms with Crippen LogP contribution in [-0.2, 0) is 6.54 Å². The Morgan fingerprint density at radius 1 is 1.17 bits per heavy atom. The van der Waals surface area contributed by atoms with Crippen LogP contribution in [0.2, 0.25) is 5.15 Å². The molecular formula is C12H10ClN3O2. The molecule has 0 unspecified atom stereocenters. The van der Waals surface area contributed by atoms with Crippen molar-refractivity contribution in [3.63, 3.8) is 0 Å². The maximum Gasteiger partial charge on any atom is 0.272 e. The summed E-state index contributed by atoms with van der Waals surface area (Å²) in [6, 6.07) is 9.57. The fourth-order valence-electron chi connectivity index (χ4n) is 1.32. The van der Waals surface area contributed by atoms with Crippen LogP contribution in [-0.4, -0.2) is 21.2 Å². The summed E-state index contributed by atoms with van der Waals surface area (Å²) in [5.41, 5.74) is 1.08. The Morgan fingerprint density at radius 3 is 2.50 bits per heavy atom. The van der Waals surface area contributed by atoms with E-state index in [9.17, 15) is 4.79 Å². The predicted octanol–water partition coefficient (Wildman–Crippen LogP) is 1.77. The average Bonchev–Trinajstić information content (AvgIpc) is 2.38. The summed E-state index contributed by atoms with van der Waals surface area (Å²) in [5, 5.41) is 19.3. The molecule has 92 valence electrons. The van der Waals surface area contributed by atoms with Gasteiger partial charge < -0.3 is 10.4 Å². The Labute approximate surface area is 108 Å². The summed E-state index contributed by atoms with van der Waals surface area (Å²) in [7, 11) is 0. The second-order valence-corrected chi connectivity index (χ2v) is 3.98. The summed E-state index contributed by atoms with van der Waals surface area (Å²) in [6.07, 6.45) is 0. The van der Waals surface area contributed by atoms with E-state index in [1.807, 2.05) is 0 Å². The van der Waals surface area contributed by atoms with E-state index in [0.717, 1.165) is 5.56 Å². The summed E-state index contributed by atoms with van der Waals surface area (Å²) in [5.74, 6) is -0.138. The topological polar surface area (TPSA) is 75.1 Å². The van der Waals surface area contributed by atoms with E-state index >= 15 is 0 Å². The highest BCUT2D eigenvalue weighted by molar-refractivity contribution is 6.29. The summed E-state index contributed by atoms with van der Waals surface area (Å²) in [6.45, 7) is 0.351. The highest BCUT2D eigenvalue weighted by Gasteiger charge is 2.07. The minimum atomic E-state index is -0.327. The zero-order valence-corrected chi connectivity index (χ0v) is 10.1. The van der Waals surface area contributed by atoms with Crippen molar-refractivity contribution in [2.45, 2.75) is 6.54 Å². The molecule has 2 rings (SSSR count). The van der Waals surface area contributed by atoms with E-state index in [-0.39, 0.29) is 22.5 Å². The maximum atomic E-state index is 11.7. The van der Waals surface area contributed by atoms with Crippen molar-refractivity contribution >= 4 is 17.5 Å². The lowest BCUT2D eigenvalue weighted by molar-refractivity contribution is 0.0945. The summed E-state index contributed by atoms with van der Waals surface area (Å²) >= 11 is 5.58. The first-order valence-electron chi connectivity index (χ1n) is 5.20. The smallest absolute Gasteiger partial charge is 0.272 e. The van der Waals surface area contributed by atoms with Crippen LogP contribution in [0.25, 0.3) is 0 Å². The molecule has 0 aliphatic carbocycles. The fraction of sp³-hybridized carbons (Fsp3) is 0.0833. The molecule has 6 heteroatoms. The molecule has 0 fully saturated rings. The van der Waals surface area contributed by atoms with Gasteiger partial charge in [-0.2, -0.15) is 0 Å². The molecule has 1 amide bonds. The number of phenols is 1. The Bertz CT molecular complexity index is 540. The molecule has 2 N–H and O–H groups in total. The van der Waals surface area contributed by atoms with Crippen molar-refractivity contribution in [3.8, 4) is 5.75 Å². The van der Waals surface area contributed by atoms with Crippen molar-refractivity contribution in [1.29, 1.82) is 0 Å². The molecule has 1 aromatic heterocycles. The molecule has 0 atom stereocenters. The lowest BCUT2D eigenvalue weighted by Crippen LogP contribution is -2.24. The standard InChI is InChI=1S/C12H10ClN3O2/c13-11-6-5-10(15-16-11)12(18)14-7-8-1-3-9(17)4-2-8/h1-6,17H,7H2,(H,14,18). The lowest BCUT2D eigenvalue weighted by Gasteiger charge is -2.04. The largest absolute Gasteiger partial charge is 0.508 e. The number of carbonyl (C=O) groups excluding carboxylic acids is 1. The maximum absolute atomic E-state index is 11.7. The van der Waals surface area contributed by atoms with Gasteiger partial charge in [0.1, 0.15) is 5.75 Å². The number of aromatic hydroxyl groups is 1. The van der Waals surface area contributed by atoms with Gasteiger partial charge in [0, 0.05) is 6.54 Å². The number of rotatable bonds is 3. The van der Waals surface area contributed by atoms with Crippen molar-refractivity contribution in [3.05, 3.63) is 52.8 Å². The number of nitrogens with one attached hydrogen (secondary N) is 1. The molecule has 0 aliphatic heterocycles. The van der Waals surface area contributed by atoms with Crippen LogP contribution >= 0.6 is 11.6 Å². The van der Waals surface area contributed by atoms with E-state index in [4.69, 9.17) is 16.7 Å². The summed E-state index contributed by atoms with van der Waals surface area (Å²) in [4.78, 5) is 11.7. The highest BCUT2D eigenvalue weighted by Crippen LogP contribution is 2.09. The second kappa shape index (κ2) is 5.46. The van der Waals surface area contributed by atoms with Gasteiger partial charge in [-0.15, -0.1) is 10.2 Å². The monoisotopic (exact) mass is 263 g/mol. The van der Waals surface area contributed by atoms with Crippen LogP contribution in [0, 0.1) is 0 Å². The van der Waals surface area contributed by atoms with Gasteiger partial charge in [0.15, 0.2) is 10.8 Å². The van der Waals surface area contributed by atoms with Gasteiger partial charge in [-0.05, 0) is 29.8 Å². The van der Waals surface area contributed by atoms with Gasteiger partial charge >= 0.3 is 0 Å². The Balaban J connectivity index is 1.96. The van der Waals surface area contributed by atoms with Crippen LogP contribution in [0.4, 0.5) is 0 Å².